The fraction of sp³-hybridized carbons (Fsp3) is 0.417. The van der Waals surface area contributed by atoms with E-state index in [0.717, 1.165) is 16.3 Å². The van der Waals surface area contributed by atoms with Crippen LogP contribution in [0.4, 0.5) is 0 Å². The van der Waals surface area contributed by atoms with Crippen molar-refractivity contribution >= 4 is 10.0 Å². The molecule has 0 N–H and O–H groups in total. The largest absolute Gasteiger partial charge is 0.244 e. The molecule has 0 saturated carbocycles. The van der Waals surface area contributed by atoms with E-state index in [9.17, 15) is 8.42 Å². The molecule has 0 bridgehead atoms. The second-order valence-electron chi connectivity index (χ2n) is 3.59. The first-order valence-electron chi connectivity index (χ1n) is 5.52. The van der Waals surface area contributed by atoms with Crippen LogP contribution in [0.3, 0.4) is 0 Å². The number of rotatable bonds is 5. The number of sulfonamides is 1. The average Bonchev–Trinajstić information content (AvgIpc) is 2.35. The summed E-state index contributed by atoms with van der Waals surface area (Å²) in [7, 11) is -3.53. The summed E-state index contributed by atoms with van der Waals surface area (Å²) in [6.45, 7) is 3.91. The number of nitriles is 1. The second-order valence-corrected chi connectivity index (χ2v) is 5.52. The first-order valence-corrected chi connectivity index (χ1v) is 6.96. The van der Waals surface area contributed by atoms with Crippen molar-refractivity contribution in [1.82, 2.24) is 4.31 Å². The van der Waals surface area contributed by atoms with E-state index >= 15 is 0 Å². The fourth-order valence-corrected chi connectivity index (χ4v) is 2.84. The Bertz CT molecular complexity index is 500. The SMILES string of the molecule is CCc1ccc(S(=O)(=O)N(CC)CC#N)cc1. The topological polar surface area (TPSA) is 61.2 Å². The highest BCUT2D eigenvalue weighted by atomic mass is 32.2. The summed E-state index contributed by atoms with van der Waals surface area (Å²) in [5.41, 5.74) is 1.09. The molecule has 0 fully saturated rings. The smallest absolute Gasteiger partial charge is 0.207 e. The van der Waals surface area contributed by atoms with E-state index < -0.39 is 10.0 Å². The molecule has 0 radical (unpaired) electrons. The molecule has 0 heterocycles. The second kappa shape index (κ2) is 5.80. The molecule has 0 unspecified atom stereocenters. The lowest BCUT2D eigenvalue weighted by Crippen LogP contribution is -2.31. The van der Waals surface area contributed by atoms with Crippen molar-refractivity contribution < 1.29 is 8.42 Å². The highest BCUT2D eigenvalue weighted by molar-refractivity contribution is 7.89. The zero-order valence-electron chi connectivity index (χ0n) is 10.0. The maximum atomic E-state index is 12.1. The van der Waals surface area contributed by atoms with Crippen molar-refractivity contribution in [2.75, 3.05) is 13.1 Å². The van der Waals surface area contributed by atoms with Crippen molar-refractivity contribution in [3.63, 3.8) is 0 Å². The first kappa shape index (κ1) is 13.7. The van der Waals surface area contributed by atoms with Crippen LogP contribution in [-0.4, -0.2) is 25.8 Å². The number of benzene rings is 1. The van der Waals surface area contributed by atoms with E-state index in [0.29, 0.717) is 6.54 Å². The third-order valence-electron chi connectivity index (χ3n) is 2.57. The lowest BCUT2D eigenvalue weighted by Gasteiger charge is -2.17. The molecular weight excluding hydrogens is 236 g/mol. The van der Waals surface area contributed by atoms with Gasteiger partial charge in [0.15, 0.2) is 0 Å². The zero-order valence-corrected chi connectivity index (χ0v) is 10.9. The van der Waals surface area contributed by atoms with Gasteiger partial charge >= 0.3 is 0 Å². The van der Waals surface area contributed by atoms with Gasteiger partial charge in [0.25, 0.3) is 0 Å². The van der Waals surface area contributed by atoms with E-state index in [2.05, 4.69) is 0 Å². The van der Waals surface area contributed by atoms with Crippen LogP contribution < -0.4 is 0 Å². The van der Waals surface area contributed by atoms with Crippen molar-refractivity contribution in [3.8, 4) is 6.07 Å². The summed E-state index contributed by atoms with van der Waals surface area (Å²) < 4.78 is 25.4. The predicted octanol–water partition coefficient (Wildman–Crippen LogP) is 1.78. The summed E-state index contributed by atoms with van der Waals surface area (Å²) in [5.74, 6) is 0. The Hall–Kier alpha value is -1.38. The Kier molecular flexibility index (Phi) is 4.67. The minimum Gasteiger partial charge on any atom is -0.207 e. The molecular formula is C12H16N2O2S. The minimum atomic E-state index is -3.53. The summed E-state index contributed by atoms with van der Waals surface area (Å²) in [4.78, 5) is 0.242. The summed E-state index contributed by atoms with van der Waals surface area (Å²) >= 11 is 0. The summed E-state index contributed by atoms with van der Waals surface area (Å²) in [6.07, 6.45) is 0.871. The lowest BCUT2D eigenvalue weighted by atomic mass is 10.2. The molecule has 0 atom stereocenters. The van der Waals surface area contributed by atoms with Crippen molar-refractivity contribution in [3.05, 3.63) is 29.8 Å². The Morgan fingerprint density at radius 2 is 1.82 bits per heavy atom. The van der Waals surface area contributed by atoms with Crippen LogP contribution in [0.5, 0.6) is 0 Å². The third kappa shape index (κ3) is 3.05. The molecule has 0 saturated heterocycles. The van der Waals surface area contributed by atoms with Gasteiger partial charge in [-0.05, 0) is 24.1 Å². The molecule has 5 heteroatoms. The van der Waals surface area contributed by atoms with E-state index in [1.807, 2.05) is 13.0 Å². The van der Waals surface area contributed by atoms with Gasteiger partial charge in [0.05, 0.1) is 11.0 Å². The Balaban J connectivity index is 3.08. The predicted molar refractivity (Wildman–Crippen MR) is 65.9 cm³/mol. The Morgan fingerprint density at radius 1 is 1.24 bits per heavy atom. The number of hydrogen-bond donors (Lipinski definition) is 0. The normalized spacial score (nSPS) is 11.4. The van der Waals surface area contributed by atoms with Gasteiger partial charge in [0, 0.05) is 6.54 Å². The van der Waals surface area contributed by atoms with Crippen LogP contribution >= 0.6 is 0 Å². The molecule has 0 spiro atoms. The molecule has 0 aliphatic carbocycles. The Morgan fingerprint density at radius 3 is 2.24 bits per heavy atom. The molecule has 0 aromatic heterocycles. The van der Waals surface area contributed by atoms with Gasteiger partial charge < -0.3 is 0 Å². The van der Waals surface area contributed by atoms with Gasteiger partial charge in [-0.15, -0.1) is 0 Å². The maximum absolute atomic E-state index is 12.1. The van der Waals surface area contributed by atoms with Crippen LogP contribution in [0.15, 0.2) is 29.2 Å². The van der Waals surface area contributed by atoms with E-state index in [1.165, 1.54) is 0 Å². The van der Waals surface area contributed by atoms with Crippen LogP contribution in [0.25, 0.3) is 0 Å². The first-order chi connectivity index (χ1) is 8.06. The zero-order chi connectivity index (χ0) is 12.9. The molecule has 1 rings (SSSR count). The van der Waals surface area contributed by atoms with Gasteiger partial charge in [-0.25, -0.2) is 8.42 Å². The number of hydrogen-bond acceptors (Lipinski definition) is 3. The standard InChI is InChI=1S/C12H16N2O2S/c1-3-11-5-7-12(8-6-11)17(15,16)14(4-2)10-9-13/h5-8H,3-4,10H2,1-2H3. The average molecular weight is 252 g/mol. The van der Waals surface area contributed by atoms with E-state index in [4.69, 9.17) is 5.26 Å². The highest BCUT2D eigenvalue weighted by Gasteiger charge is 2.22. The monoisotopic (exact) mass is 252 g/mol. The van der Waals surface area contributed by atoms with E-state index in [-0.39, 0.29) is 11.4 Å². The van der Waals surface area contributed by atoms with Gasteiger partial charge in [0.2, 0.25) is 10.0 Å². The molecule has 0 amide bonds. The van der Waals surface area contributed by atoms with Gasteiger partial charge in [-0.1, -0.05) is 26.0 Å². The van der Waals surface area contributed by atoms with Crippen LogP contribution in [0, 0.1) is 11.3 Å². The fourth-order valence-electron chi connectivity index (χ4n) is 1.49. The molecule has 4 nitrogen and oxygen atoms in total. The molecule has 92 valence electrons. The molecule has 1 aromatic carbocycles. The van der Waals surface area contributed by atoms with Crippen molar-refractivity contribution in [2.24, 2.45) is 0 Å². The van der Waals surface area contributed by atoms with Gasteiger partial charge in [-0.2, -0.15) is 9.57 Å². The van der Waals surface area contributed by atoms with Gasteiger partial charge in [0.1, 0.15) is 6.54 Å². The van der Waals surface area contributed by atoms with E-state index in [1.54, 1.807) is 31.2 Å². The lowest BCUT2D eigenvalue weighted by molar-refractivity contribution is 0.462. The summed E-state index contributed by atoms with van der Waals surface area (Å²) in [6, 6.07) is 8.64. The Labute approximate surface area is 103 Å². The van der Waals surface area contributed by atoms with Crippen LogP contribution in [0.2, 0.25) is 0 Å². The number of nitrogens with zero attached hydrogens (tertiary/aromatic N) is 2. The minimum absolute atomic E-state index is 0.117. The van der Waals surface area contributed by atoms with Crippen LogP contribution in [0.1, 0.15) is 19.4 Å². The van der Waals surface area contributed by atoms with Crippen LogP contribution in [-0.2, 0) is 16.4 Å². The van der Waals surface area contributed by atoms with Crippen molar-refractivity contribution in [1.29, 1.82) is 5.26 Å². The molecule has 0 aliphatic rings. The van der Waals surface area contributed by atoms with Crippen molar-refractivity contribution in [2.45, 2.75) is 25.2 Å². The number of aryl methyl sites for hydroxylation is 1. The van der Waals surface area contributed by atoms with Gasteiger partial charge in [-0.3, -0.25) is 0 Å². The maximum Gasteiger partial charge on any atom is 0.244 e. The molecule has 0 aliphatic heterocycles. The quantitative estimate of drug-likeness (QED) is 0.750. The molecule has 1 aromatic rings. The molecule has 17 heavy (non-hydrogen) atoms. The summed E-state index contributed by atoms with van der Waals surface area (Å²) in [5, 5.41) is 8.60. The highest BCUT2D eigenvalue weighted by Crippen LogP contribution is 2.16. The third-order valence-corrected chi connectivity index (χ3v) is 4.50.